The van der Waals surface area contributed by atoms with E-state index >= 15 is 0 Å². The van der Waals surface area contributed by atoms with Gasteiger partial charge in [0.05, 0.1) is 34.6 Å². The number of ketones is 1. The molecule has 4 atom stereocenters. The first-order valence-corrected chi connectivity index (χ1v) is 9.00. The topological polar surface area (TPSA) is 115 Å². The number of fused-ring (bicyclic) bond motifs is 2. The van der Waals surface area contributed by atoms with Gasteiger partial charge in [0.25, 0.3) is 0 Å². The molecule has 0 bridgehead atoms. The van der Waals surface area contributed by atoms with Crippen LogP contribution in [-0.2, 0) is 9.59 Å². The third-order valence-electron chi connectivity index (χ3n) is 5.18. The molecule has 2 aliphatic heterocycles. The quantitative estimate of drug-likeness (QED) is 0.332. The maximum atomic E-state index is 12.4. The maximum Gasteiger partial charge on any atom is 1.00 e. The number of aliphatic carboxylic acids is 1. The van der Waals surface area contributed by atoms with Gasteiger partial charge in [0.1, 0.15) is 16.9 Å². The number of imidazole rings is 1. The van der Waals surface area contributed by atoms with Gasteiger partial charge in [0.15, 0.2) is 5.78 Å². The molecule has 0 spiro atoms. The number of carbonyl (C=O) groups is 3. The van der Waals surface area contributed by atoms with Gasteiger partial charge in [-0.25, -0.2) is 4.98 Å². The average molecular weight is 397 g/mol. The van der Waals surface area contributed by atoms with Crippen molar-refractivity contribution in [1.82, 2.24) is 14.3 Å². The summed E-state index contributed by atoms with van der Waals surface area (Å²) in [5.41, 5.74) is 0.671. The van der Waals surface area contributed by atoms with Crippen LogP contribution in [0.1, 0.15) is 36.1 Å². The van der Waals surface area contributed by atoms with Crippen molar-refractivity contribution in [2.75, 3.05) is 0 Å². The fourth-order valence-electron chi connectivity index (χ4n) is 4.05. The van der Waals surface area contributed by atoms with Crippen LogP contribution in [0.3, 0.4) is 0 Å². The maximum absolute atomic E-state index is 12.4. The molecule has 0 saturated carbocycles. The number of carboxylic acids is 1. The van der Waals surface area contributed by atoms with Crippen LogP contribution in [0.4, 0.5) is 0 Å². The van der Waals surface area contributed by atoms with E-state index in [4.69, 9.17) is 0 Å². The first-order chi connectivity index (χ1) is 12.2. The van der Waals surface area contributed by atoms with Crippen LogP contribution >= 0.6 is 11.3 Å². The van der Waals surface area contributed by atoms with Gasteiger partial charge in [-0.3, -0.25) is 14.0 Å². The molecule has 8 nitrogen and oxygen atoms in total. The minimum Gasteiger partial charge on any atom is -0.543 e. The second-order valence-corrected chi connectivity index (χ2v) is 7.79. The van der Waals surface area contributed by atoms with E-state index in [2.05, 4.69) is 4.98 Å². The first-order valence-electron chi connectivity index (χ1n) is 8.18. The number of β-lactam (4-membered cyclic amide) rings is 1. The third-order valence-corrected chi connectivity index (χ3v) is 6.32. The Morgan fingerprint density at radius 2 is 2.07 bits per heavy atom. The molecule has 136 valence electrons. The van der Waals surface area contributed by atoms with Crippen LogP contribution in [-0.4, -0.2) is 49.2 Å². The van der Waals surface area contributed by atoms with Crippen molar-refractivity contribution in [2.24, 2.45) is 11.8 Å². The second-order valence-electron chi connectivity index (χ2n) is 6.76. The van der Waals surface area contributed by atoms with E-state index in [9.17, 15) is 24.6 Å². The van der Waals surface area contributed by atoms with Gasteiger partial charge in [0.2, 0.25) is 5.91 Å². The van der Waals surface area contributed by atoms with E-state index in [-0.39, 0.29) is 47.0 Å². The standard InChI is InChI=1S/C17H17N3O5S.Na/c1-6-10(9-4-19-5-18-12(8(3)22)16(19)26-9)14(17(24)25)20-13(6)11(7(2)21)15(20)23;/h4-7,11,13,21H,1-3H3,(H,24,25);/q;+1/p-1/t6-,7+,11+,13+;/m0./s1. The van der Waals surface area contributed by atoms with Crippen molar-refractivity contribution in [2.45, 2.75) is 32.9 Å². The largest absolute Gasteiger partial charge is 1.00 e. The number of aliphatic hydroxyl groups is 1. The monoisotopic (exact) mass is 397 g/mol. The summed E-state index contributed by atoms with van der Waals surface area (Å²) in [4.78, 5) is 42.4. The van der Waals surface area contributed by atoms with Crippen LogP contribution in [0, 0.1) is 11.8 Å². The molecule has 2 aromatic rings. The van der Waals surface area contributed by atoms with Gasteiger partial charge in [-0.05, 0) is 6.92 Å². The van der Waals surface area contributed by atoms with Gasteiger partial charge in [-0.15, -0.1) is 11.3 Å². The molecule has 1 fully saturated rings. The van der Waals surface area contributed by atoms with Crippen molar-refractivity contribution in [3.05, 3.63) is 28.8 Å². The van der Waals surface area contributed by atoms with Crippen molar-refractivity contribution in [3.63, 3.8) is 0 Å². The molecule has 0 unspecified atom stereocenters. The number of nitrogens with zero attached hydrogens (tertiary/aromatic N) is 3. The molecule has 1 amide bonds. The summed E-state index contributed by atoms with van der Waals surface area (Å²) in [5.74, 6) is -2.91. The van der Waals surface area contributed by atoms with Crippen LogP contribution in [0.15, 0.2) is 18.2 Å². The summed E-state index contributed by atoms with van der Waals surface area (Å²) in [6.45, 7) is 4.79. The van der Waals surface area contributed by atoms with E-state index in [0.29, 0.717) is 21.0 Å². The minimum atomic E-state index is -1.42. The fraction of sp³-hybridized carbons (Fsp3) is 0.412. The molecule has 2 aromatic heterocycles. The number of aromatic nitrogens is 2. The van der Waals surface area contributed by atoms with Crippen molar-refractivity contribution in [1.29, 1.82) is 0 Å². The van der Waals surface area contributed by atoms with Crippen LogP contribution in [0.25, 0.3) is 10.4 Å². The Labute approximate surface area is 180 Å². The molecule has 4 rings (SSSR count). The number of carbonyl (C=O) groups excluding carboxylic acids is 3. The van der Waals surface area contributed by atoms with E-state index in [1.807, 2.05) is 6.92 Å². The summed E-state index contributed by atoms with van der Waals surface area (Å²) in [6, 6.07) is -0.405. The summed E-state index contributed by atoms with van der Waals surface area (Å²) in [5, 5.41) is 21.7. The Morgan fingerprint density at radius 1 is 1.41 bits per heavy atom. The van der Waals surface area contributed by atoms with Crippen LogP contribution in [0.2, 0.25) is 0 Å². The summed E-state index contributed by atoms with van der Waals surface area (Å²) >= 11 is 1.25. The Bertz CT molecular complexity index is 1010. The minimum absolute atomic E-state index is 0. The number of aliphatic hydroxyl groups excluding tert-OH is 1. The second kappa shape index (κ2) is 6.82. The number of rotatable bonds is 4. The van der Waals surface area contributed by atoms with Gasteiger partial charge in [0, 0.05) is 24.6 Å². The summed E-state index contributed by atoms with van der Waals surface area (Å²) in [6.07, 6.45) is 2.35. The smallest absolute Gasteiger partial charge is 0.543 e. The third kappa shape index (κ3) is 2.72. The van der Waals surface area contributed by atoms with Crippen molar-refractivity contribution >= 4 is 39.4 Å². The summed E-state index contributed by atoms with van der Waals surface area (Å²) < 4.78 is 1.67. The zero-order valence-electron chi connectivity index (χ0n) is 15.3. The Hall–Kier alpha value is -1.52. The number of thiazole rings is 1. The molecule has 2 aliphatic rings. The molecule has 10 heteroatoms. The van der Waals surface area contributed by atoms with Crippen molar-refractivity contribution in [3.8, 4) is 0 Å². The molecular formula is C17H16N3NaO5S. The molecule has 0 aromatic carbocycles. The number of carboxylic acid groups (broad SMARTS) is 1. The SMILES string of the molecule is CC(=O)c1ncn2cc(C3=C(C(=O)[O-])N4C(=O)[C@H]([C@@H](C)O)[C@H]4[C@H]3C)sc12.[Na+]. The van der Waals surface area contributed by atoms with Crippen LogP contribution < -0.4 is 34.7 Å². The Kier molecular flexibility index (Phi) is 5.11. The number of hydrogen-bond donors (Lipinski definition) is 1. The number of amides is 1. The fourth-order valence-corrected chi connectivity index (χ4v) is 5.31. The number of hydrogen-bond acceptors (Lipinski definition) is 7. The molecule has 27 heavy (non-hydrogen) atoms. The average Bonchev–Trinajstić information content (AvgIpc) is 3.16. The molecular weight excluding hydrogens is 381 g/mol. The van der Waals surface area contributed by atoms with Gasteiger partial charge < -0.3 is 19.9 Å². The molecule has 4 heterocycles. The normalized spacial score (nSPS) is 25.3. The van der Waals surface area contributed by atoms with E-state index in [1.165, 1.54) is 36.4 Å². The Morgan fingerprint density at radius 3 is 2.63 bits per heavy atom. The zero-order valence-corrected chi connectivity index (χ0v) is 18.1. The van der Waals surface area contributed by atoms with Gasteiger partial charge >= 0.3 is 29.6 Å². The van der Waals surface area contributed by atoms with E-state index in [1.54, 1.807) is 10.6 Å². The first kappa shape index (κ1) is 20.2. The van der Waals surface area contributed by atoms with Crippen molar-refractivity contribution < 1.29 is 54.2 Å². The predicted octanol–water partition coefficient (Wildman–Crippen LogP) is -3.08. The number of Topliss-reactive ketones (excluding diaryl/α,β-unsaturated/α-hetero) is 1. The van der Waals surface area contributed by atoms with Gasteiger partial charge in [-0.2, -0.15) is 0 Å². The van der Waals surface area contributed by atoms with Crippen LogP contribution in [0.5, 0.6) is 0 Å². The zero-order chi connectivity index (χ0) is 18.9. The summed E-state index contributed by atoms with van der Waals surface area (Å²) in [7, 11) is 0. The molecule has 1 saturated heterocycles. The van der Waals surface area contributed by atoms with Gasteiger partial charge in [-0.1, -0.05) is 6.92 Å². The van der Waals surface area contributed by atoms with E-state index < -0.39 is 29.9 Å². The Balaban J connectivity index is 0.00000210. The van der Waals surface area contributed by atoms with E-state index in [0.717, 1.165) is 0 Å². The molecule has 0 radical (unpaired) electrons. The molecule has 0 aliphatic carbocycles. The molecule has 1 N–H and O–H groups in total. The predicted molar refractivity (Wildman–Crippen MR) is 90.0 cm³/mol.